The first-order valence-corrected chi connectivity index (χ1v) is 9.60. The Kier molecular flexibility index (Phi) is 18.3. The fourth-order valence-electron chi connectivity index (χ4n) is 2.55. The summed E-state index contributed by atoms with van der Waals surface area (Å²) in [4.78, 5) is 33.0. The third kappa shape index (κ3) is 11.4. The molecule has 0 spiro atoms. The van der Waals surface area contributed by atoms with Gasteiger partial charge < -0.3 is 29.8 Å². The van der Waals surface area contributed by atoms with Gasteiger partial charge in [0.2, 0.25) is 5.75 Å². The minimum Gasteiger partial charge on any atom is -0.502 e. The maximum absolute atomic E-state index is 10.7. The molecule has 0 bridgehead atoms. The normalized spacial score (nSPS) is 9.43. The Morgan fingerprint density at radius 2 is 1.00 bits per heavy atom. The molecular weight excluding hydrogens is 540 g/mol. The Bertz CT molecular complexity index is 1120. The second-order valence-electron chi connectivity index (χ2n) is 6.80. The van der Waals surface area contributed by atoms with E-state index in [-0.39, 0.29) is 155 Å². The fraction of sp³-hybridized carbons (Fsp3) is 0.400. The minimum absolute atomic E-state index is 0. The molecule has 3 aromatic heterocycles. The molecule has 4 N–H and O–H groups in total. The average Bonchev–Trinajstić information content (AvgIpc) is 2.70. The first-order chi connectivity index (χ1) is 15.0. The number of rotatable bonds is 5. The van der Waals surface area contributed by atoms with E-state index in [1.54, 1.807) is 41.5 Å². The molecule has 3 rings (SSSR count). The number of aromatic hydroxyl groups is 3. The van der Waals surface area contributed by atoms with E-state index in [0.29, 0.717) is 34.6 Å². The first-order valence-electron chi connectivity index (χ1n) is 9.60. The molecule has 0 fully saturated rings. The number of nitrogens with zero attached hydrogens (tertiary/aromatic N) is 5. The van der Waals surface area contributed by atoms with Crippen LogP contribution in [0.25, 0.3) is 0 Å². The van der Waals surface area contributed by atoms with E-state index in [1.807, 2.05) is 0 Å². The van der Waals surface area contributed by atoms with Crippen LogP contribution in [0, 0.1) is 155 Å². The van der Waals surface area contributed by atoms with Gasteiger partial charge in [-0.25, -0.2) is 15.0 Å². The summed E-state index contributed by atoms with van der Waals surface area (Å²) in [7, 11) is 0. The summed E-state index contributed by atoms with van der Waals surface area (Å²) >= 11 is 0. The van der Waals surface area contributed by atoms with Gasteiger partial charge in [0, 0.05) is 113 Å². The van der Waals surface area contributed by atoms with Gasteiger partial charge in [0.25, 0.3) is 17.3 Å². The van der Waals surface area contributed by atoms with E-state index < -0.39 is 5.56 Å². The molecule has 0 aliphatic heterocycles. The van der Waals surface area contributed by atoms with Gasteiger partial charge in [-0.05, 0) is 41.5 Å². The zero-order valence-electron chi connectivity index (χ0n) is 19.8. The van der Waals surface area contributed by atoms with E-state index in [1.165, 1.54) is 0 Å². The largest absolute Gasteiger partial charge is 0.502 e. The smallest absolute Gasteiger partial charge is 0.293 e. The van der Waals surface area contributed by atoms with Gasteiger partial charge in [0.15, 0.2) is 11.5 Å². The average molecular weight is 566 g/mol. The number of aromatic nitrogens is 6. The van der Waals surface area contributed by atoms with Gasteiger partial charge in [-0.15, -0.1) is 0 Å². The van der Waals surface area contributed by atoms with Crippen molar-refractivity contribution in [1.29, 1.82) is 0 Å². The standard InChI is InChI=1S/C14H18N4O4.C6H8N2O2.3Ar/c1-7-11(19)13(17-9(3)15-7)21-5-6-22-14-12(20)8(2)16-10(4)18-14;1-3-5(9)6(10)8-4(2)7-3;;;/h19-20H,5-6H2,1-4H3;9H,1-2H3,(H,7,8,10);;;. The summed E-state index contributed by atoms with van der Waals surface area (Å²) in [6, 6.07) is 0. The van der Waals surface area contributed by atoms with Crippen LogP contribution in [-0.4, -0.2) is 58.4 Å². The summed E-state index contributed by atoms with van der Waals surface area (Å²) in [5, 5.41) is 28.5. The zero-order valence-corrected chi connectivity index (χ0v) is 21.9. The van der Waals surface area contributed by atoms with Gasteiger partial charge in [0.05, 0.1) is 17.1 Å². The number of nitrogens with one attached hydrogen (secondary N) is 1. The Morgan fingerprint density at radius 3 is 1.37 bits per heavy atom. The van der Waals surface area contributed by atoms with Crippen molar-refractivity contribution >= 4 is 0 Å². The molecule has 0 atom stereocenters. The van der Waals surface area contributed by atoms with Crippen LogP contribution >= 0.6 is 0 Å². The molecule has 3 heterocycles. The molecule has 196 valence electrons. The van der Waals surface area contributed by atoms with Gasteiger partial charge in [-0.2, -0.15) is 9.97 Å². The van der Waals surface area contributed by atoms with Gasteiger partial charge in [-0.3, -0.25) is 4.79 Å². The summed E-state index contributed by atoms with van der Waals surface area (Å²) in [6.45, 7) is 10.2. The topological polar surface area (TPSA) is 176 Å². The summed E-state index contributed by atoms with van der Waals surface area (Å²) in [5.41, 5.74) is 0.775. The summed E-state index contributed by atoms with van der Waals surface area (Å²) in [5.74, 6) is 1.24. The molecule has 15 heteroatoms. The van der Waals surface area contributed by atoms with Crippen molar-refractivity contribution in [3.63, 3.8) is 0 Å². The van der Waals surface area contributed by atoms with E-state index in [9.17, 15) is 15.0 Å². The Balaban J connectivity index is 0. The van der Waals surface area contributed by atoms with Crippen LogP contribution in [0.4, 0.5) is 0 Å². The SMILES string of the molecule is Cc1nc(C)c(O)c(=O)[nH]1.Cc1nc(C)c(O)c(OCCOc2nc(C)nc(C)c2O)n1.[Ar].[Ar].[Ar]. The number of ether oxygens (including phenoxy) is 2. The molecule has 35 heavy (non-hydrogen) atoms. The van der Waals surface area contributed by atoms with Crippen LogP contribution in [0.15, 0.2) is 4.79 Å². The zero-order chi connectivity index (χ0) is 24.0. The van der Waals surface area contributed by atoms with Crippen molar-refractivity contribution in [3.05, 3.63) is 44.9 Å². The van der Waals surface area contributed by atoms with Crippen molar-refractivity contribution in [3.8, 4) is 29.0 Å². The number of aryl methyl sites for hydroxylation is 6. The Hall–Kier alpha value is -0.181. The molecule has 0 saturated carbocycles. The predicted octanol–water partition coefficient (Wildman–Crippen LogP) is 1.46. The minimum atomic E-state index is -0.481. The molecule has 0 aromatic carbocycles. The molecule has 0 amide bonds. The van der Waals surface area contributed by atoms with Crippen LogP contribution in [-0.2, 0) is 0 Å². The maximum atomic E-state index is 10.7. The van der Waals surface area contributed by atoms with Crippen molar-refractivity contribution in [2.45, 2.75) is 41.5 Å². The molecular formula is C20H26Ar3N6O6. The number of aromatic amines is 1. The first kappa shape index (κ1) is 37.0. The van der Waals surface area contributed by atoms with Gasteiger partial charge >= 0.3 is 0 Å². The van der Waals surface area contributed by atoms with Crippen molar-refractivity contribution < 1.29 is 138 Å². The maximum Gasteiger partial charge on any atom is 0.293 e. The van der Waals surface area contributed by atoms with Crippen molar-refractivity contribution in [2.24, 2.45) is 0 Å². The predicted molar refractivity (Wildman–Crippen MR) is 113 cm³/mol. The van der Waals surface area contributed by atoms with Crippen molar-refractivity contribution in [2.75, 3.05) is 13.2 Å². The van der Waals surface area contributed by atoms with Crippen molar-refractivity contribution in [1.82, 2.24) is 29.9 Å². The van der Waals surface area contributed by atoms with Crippen LogP contribution in [0.5, 0.6) is 29.0 Å². The Morgan fingerprint density at radius 1 is 0.629 bits per heavy atom. The Labute approximate surface area is 292 Å². The van der Waals surface area contributed by atoms with Crippen LogP contribution < -0.4 is 15.0 Å². The fourth-order valence-corrected chi connectivity index (χ4v) is 2.55. The molecule has 0 aliphatic carbocycles. The van der Waals surface area contributed by atoms with E-state index in [0.717, 1.165) is 0 Å². The van der Waals surface area contributed by atoms with Crippen LogP contribution in [0.3, 0.4) is 0 Å². The molecule has 12 nitrogen and oxygen atoms in total. The molecule has 3 aromatic rings. The molecule has 0 unspecified atom stereocenters. The van der Waals surface area contributed by atoms with E-state index in [2.05, 4.69) is 29.9 Å². The van der Waals surface area contributed by atoms with Crippen LogP contribution in [0.1, 0.15) is 34.6 Å². The number of H-pyrrole nitrogens is 1. The van der Waals surface area contributed by atoms with Gasteiger partial charge in [-0.1, -0.05) is 0 Å². The number of hydrogen-bond donors (Lipinski definition) is 4. The van der Waals surface area contributed by atoms with Crippen LogP contribution in [0.2, 0.25) is 0 Å². The van der Waals surface area contributed by atoms with E-state index in [4.69, 9.17) is 14.6 Å². The second-order valence-corrected chi connectivity index (χ2v) is 6.80. The summed E-state index contributed by atoms with van der Waals surface area (Å²) in [6.07, 6.45) is 0. The van der Waals surface area contributed by atoms with E-state index >= 15 is 0 Å². The molecule has 0 saturated heterocycles. The quantitative estimate of drug-likeness (QED) is 0.329. The summed E-state index contributed by atoms with van der Waals surface area (Å²) < 4.78 is 10.7. The second kappa shape index (κ2) is 17.4. The number of hydrogen-bond acceptors (Lipinski definition) is 11. The molecule has 0 radical (unpaired) electrons. The third-order valence-corrected chi connectivity index (χ3v) is 4.02. The third-order valence-electron chi connectivity index (χ3n) is 4.02. The molecule has 0 aliphatic rings. The van der Waals surface area contributed by atoms with Gasteiger partial charge in [0.1, 0.15) is 30.7 Å². The monoisotopic (exact) mass is 566 g/mol.